The van der Waals surface area contributed by atoms with Gasteiger partial charge in [-0.25, -0.2) is 12.8 Å². The normalized spacial score (nSPS) is 10.8. The lowest BCUT2D eigenvalue weighted by Crippen LogP contribution is -2.32. The van der Waals surface area contributed by atoms with Gasteiger partial charge in [0.15, 0.2) is 0 Å². The first kappa shape index (κ1) is 22.9. The predicted molar refractivity (Wildman–Crippen MR) is 107 cm³/mol. The number of carbonyl (C=O) groups is 1. The summed E-state index contributed by atoms with van der Waals surface area (Å²) in [5.41, 5.74) is 1.03. The van der Waals surface area contributed by atoms with E-state index in [2.05, 4.69) is 10.0 Å². The van der Waals surface area contributed by atoms with Crippen LogP contribution < -0.4 is 10.0 Å². The average Bonchev–Trinajstić information content (AvgIpc) is 2.61. The molecule has 0 spiro atoms. The molecule has 0 aromatic heterocycles. The number of anilines is 1. The smallest absolute Gasteiger partial charge is 0.261 e. The minimum Gasteiger partial charge on any atom is -0.340 e. The van der Waals surface area contributed by atoms with Gasteiger partial charge >= 0.3 is 0 Å². The molecule has 1 amide bonds. The topological polar surface area (TPSA) is 78.5 Å². The van der Waals surface area contributed by atoms with Crippen LogP contribution in [0.5, 0.6) is 0 Å². The highest BCUT2D eigenvalue weighted by molar-refractivity contribution is 7.92. The fraction of sp³-hybridized carbons (Fsp3) is 0.278. The predicted octanol–water partition coefficient (Wildman–Crippen LogP) is 2.65. The highest BCUT2D eigenvalue weighted by atomic mass is 35.5. The second-order valence-electron chi connectivity index (χ2n) is 5.92. The Morgan fingerprint density at radius 1 is 1.15 bits per heavy atom. The van der Waals surface area contributed by atoms with Gasteiger partial charge in [0.25, 0.3) is 15.9 Å². The molecule has 27 heavy (non-hydrogen) atoms. The number of rotatable bonds is 7. The zero-order valence-corrected chi connectivity index (χ0v) is 17.0. The molecule has 2 aromatic carbocycles. The van der Waals surface area contributed by atoms with Gasteiger partial charge in [-0.05, 0) is 62.0 Å². The van der Waals surface area contributed by atoms with Crippen LogP contribution in [-0.2, 0) is 10.0 Å². The molecule has 0 bridgehead atoms. The molecule has 2 rings (SSSR count). The molecule has 0 fully saturated rings. The molecular formula is C18H23ClFN3O3S. The van der Waals surface area contributed by atoms with E-state index in [1.807, 2.05) is 7.05 Å². The number of aryl methyl sites for hydroxylation is 1. The lowest BCUT2D eigenvalue weighted by atomic mass is 10.2. The Kier molecular flexibility index (Phi) is 8.20. The summed E-state index contributed by atoms with van der Waals surface area (Å²) in [7, 11) is -0.325. The zero-order chi connectivity index (χ0) is 19.3. The monoisotopic (exact) mass is 415 g/mol. The number of likely N-dealkylation sites (N-methyl/N-ethyl adjacent to an activating group) is 2. The van der Waals surface area contributed by atoms with Crippen molar-refractivity contribution in [1.29, 1.82) is 0 Å². The van der Waals surface area contributed by atoms with Gasteiger partial charge in [-0.15, -0.1) is 12.4 Å². The highest BCUT2D eigenvalue weighted by Gasteiger charge is 2.16. The Bertz CT molecular complexity index is 889. The number of hydrogen-bond donors (Lipinski definition) is 2. The lowest BCUT2D eigenvalue weighted by molar-refractivity contribution is 0.0797. The first-order valence-corrected chi connectivity index (χ1v) is 9.52. The number of nitrogens with one attached hydrogen (secondary N) is 2. The van der Waals surface area contributed by atoms with Crippen LogP contribution in [-0.4, -0.2) is 46.4 Å². The Morgan fingerprint density at radius 2 is 1.78 bits per heavy atom. The summed E-state index contributed by atoms with van der Waals surface area (Å²) >= 11 is 0. The van der Waals surface area contributed by atoms with Crippen LogP contribution in [0.25, 0.3) is 0 Å². The van der Waals surface area contributed by atoms with Gasteiger partial charge < -0.3 is 10.2 Å². The van der Waals surface area contributed by atoms with Crippen LogP contribution in [0.1, 0.15) is 15.9 Å². The van der Waals surface area contributed by atoms with Gasteiger partial charge in [-0.1, -0.05) is 0 Å². The molecule has 2 aromatic rings. The summed E-state index contributed by atoms with van der Waals surface area (Å²) < 4.78 is 40.5. The van der Waals surface area contributed by atoms with Crippen LogP contribution in [0.4, 0.5) is 10.1 Å². The number of nitrogens with zero attached hydrogens (tertiary/aromatic N) is 1. The third-order valence-electron chi connectivity index (χ3n) is 3.87. The summed E-state index contributed by atoms with van der Waals surface area (Å²) in [5.74, 6) is -0.613. The van der Waals surface area contributed by atoms with Crippen molar-refractivity contribution in [3.8, 4) is 0 Å². The number of amides is 1. The third-order valence-corrected chi connectivity index (χ3v) is 5.25. The van der Waals surface area contributed by atoms with Crippen LogP contribution >= 0.6 is 12.4 Å². The van der Waals surface area contributed by atoms with E-state index in [9.17, 15) is 17.6 Å². The van der Waals surface area contributed by atoms with E-state index in [4.69, 9.17) is 0 Å². The number of carbonyl (C=O) groups excluding carboxylic acids is 1. The molecule has 0 atom stereocenters. The van der Waals surface area contributed by atoms with Crippen molar-refractivity contribution in [1.82, 2.24) is 10.2 Å². The van der Waals surface area contributed by atoms with Gasteiger partial charge in [-0.2, -0.15) is 0 Å². The molecule has 0 saturated heterocycles. The fourth-order valence-electron chi connectivity index (χ4n) is 2.28. The van der Waals surface area contributed by atoms with Gasteiger partial charge in [0.05, 0.1) is 4.90 Å². The summed E-state index contributed by atoms with van der Waals surface area (Å²) in [6.45, 7) is 2.74. The van der Waals surface area contributed by atoms with Gasteiger partial charge in [0.2, 0.25) is 0 Å². The second-order valence-corrected chi connectivity index (χ2v) is 7.61. The Balaban J connectivity index is 0.00000364. The Hall–Kier alpha value is -2.16. The fourth-order valence-corrected chi connectivity index (χ4v) is 3.42. The minimum atomic E-state index is -3.83. The SMILES string of the molecule is CNCCN(C)C(=O)c1ccc(NS(=O)(=O)c2ccc(F)c(C)c2)cc1.Cl. The zero-order valence-electron chi connectivity index (χ0n) is 15.3. The second kappa shape index (κ2) is 9.68. The lowest BCUT2D eigenvalue weighted by Gasteiger charge is -2.17. The van der Waals surface area contributed by atoms with Crippen molar-refractivity contribution in [2.45, 2.75) is 11.8 Å². The standard InChI is InChI=1S/C18H22FN3O3S.ClH/c1-13-12-16(8-9-17(13)19)26(24,25)21-15-6-4-14(5-7-15)18(23)22(3)11-10-20-2;/h4-9,12,20-21H,10-11H2,1-3H3;1H. The van der Waals surface area contributed by atoms with Crippen molar-refractivity contribution in [3.63, 3.8) is 0 Å². The summed E-state index contributed by atoms with van der Waals surface area (Å²) in [5, 5.41) is 2.97. The van der Waals surface area contributed by atoms with Crippen molar-refractivity contribution < 1.29 is 17.6 Å². The first-order valence-electron chi connectivity index (χ1n) is 8.03. The molecule has 0 aliphatic carbocycles. The number of hydrogen-bond acceptors (Lipinski definition) is 4. The molecule has 0 unspecified atom stereocenters. The number of benzene rings is 2. The molecule has 0 aliphatic rings. The molecular weight excluding hydrogens is 393 g/mol. The molecule has 148 valence electrons. The maximum atomic E-state index is 13.3. The van der Waals surface area contributed by atoms with Gasteiger partial charge in [-0.3, -0.25) is 9.52 Å². The van der Waals surface area contributed by atoms with Gasteiger partial charge in [0.1, 0.15) is 5.82 Å². The van der Waals surface area contributed by atoms with Crippen molar-refractivity contribution in [2.24, 2.45) is 0 Å². The van der Waals surface area contributed by atoms with Crippen LogP contribution in [0.15, 0.2) is 47.4 Å². The van der Waals surface area contributed by atoms with Gasteiger partial charge in [0, 0.05) is 31.4 Å². The molecule has 0 aliphatic heterocycles. The van der Waals surface area contributed by atoms with E-state index < -0.39 is 15.8 Å². The molecule has 2 N–H and O–H groups in total. The molecule has 6 nitrogen and oxygen atoms in total. The molecule has 0 saturated carbocycles. The highest BCUT2D eigenvalue weighted by Crippen LogP contribution is 2.19. The van der Waals surface area contributed by atoms with E-state index in [1.54, 1.807) is 24.1 Å². The van der Waals surface area contributed by atoms with Crippen LogP contribution in [0, 0.1) is 12.7 Å². The molecule has 9 heteroatoms. The van der Waals surface area contributed by atoms with E-state index >= 15 is 0 Å². The molecule has 0 heterocycles. The van der Waals surface area contributed by atoms with E-state index in [0.717, 1.165) is 6.07 Å². The van der Waals surface area contributed by atoms with Crippen LogP contribution in [0.2, 0.25) is 0 Å². The third kappa shape index (κ3) is 5.92. The van der Waals surface area contributed by atoms with E-state index in [1.165, 1.54) is 31.2 Å². The maximum absolute atomic E-state index is 13.3. The first-order chi connectivity index (χ1) is 12.2. The summed E-state index contributed by atoms with van der Waals surface area (Å²) in [6.07, 6.45) is 0. The number of sulfonamides is 1. The van der Waals surface area contributed by atoms with Crippen LogP contribution in [0.3, 0.4) is 0 Å². The van der Waals surface area contributed by atoms with E-state index in [0.29, 0.717) is 24.3 Å². The Morgan fingerprint density at radius 3 is 2.33 bits per heavy atom. The number of halogens is 2. The Labute approximate surface area is 165 Å². The van der Waals surface area contributed by atoms with Crippen molar-refractivity contribution >= 4 is 34.0 Å². The summed E-state index contributed by atoms with van der Waals surface area (Å²) in [6, 6.07) is 9.76. The summed E-state index contributed by atoms with van der Waals surface area (Å²) in [4.78, 5) is 13.8. The van der Waals surface area contributed by atoms with E-state index in [-0.39, 0.29) is 28.8 Å². The van der Waals surface area contributed by atoms with Crippen molar-refractivity contribution in [2.75, 3.05) is 31.9 Å². The quantitative estimate of drug-likeness (QED) is 0.728. The molecule has 0 radical (unpaired) electrons. The van der Waals surface area contributed by atoms with Crippen molar-refractivity contribution in [3.05, 3.63) is 59.4 Å². The maximum Gasteiger partial charge on any atom is 0.261 e. The largest absolute Gasteiger partial charge is 0.340 e. The average molecular weight is 416 g/mol. The minimum absolute atomic E-state index is 0.